The zero-order valence-electron chi connectivity index (χ0n) is 13.3. The lowest BCUT2D eigenvalue weighted by Crippen LogP contribution is -2.09. The molecule has 0 heterocycles. The van der Waals surface area contributed by atoms with Crippen LogP contribution in [0.4, 0.5) is 5.69 Å². The Morgan fingerprint density at radius 3 is 1.96 bits per heavy atom. The summed E-state index contributed by atoms with van der Waals surface area (Å²) in [5, 5.41) is 3.48. The molecule has 0 aliphatic rings. The van der Waals surface area contributed by atoms with Crippen LogP contribution in [0.5, 0.6) is 11.5 Å². The minimum absolute atomic E-state index is 0.469. The molecule has 1 unspecified atom stereocenters. The monoisotopic (exact) mass is 303 g/mol. The summed E-state index contributed by atoms with van der Waals surface area (Å²) >= 11 is 0. The molecule has 0 amide bonds. The van der Waals surface area contributed by atoms with Gasteiger partial charge in [0.05, 0.1) is 0 Å². The zero-order chi connectivity index (χ0) is 15.9. The summed E-state index contributed by atoms with van der Waals surface area (Å²) in [6.45, 7) is 3.14. The highest BCUT2D eigenvalue weighted by Gasteiger charge is 2.04. The van der Waals surface area contributed by atoms with Crippen LogP contribution < -0.4 is 10.1 Å². The fourth-order valence-electron chi connectivity index (χ4n) is 2.44. The van der Waals surface area contributed by atoms with Crippen molar-refractivity contribution in [1.29, 1.82) is 0 Å². The van der Waals surface area contributed by atoms with Gasteiger partial charge in [-0.25, -0.2) is 0 Å². The third-order valence-electron chi connectivity index (χ3n) is 3.81. The Hall–Kier alpha value is -2.74. The molecule has 3 aromatic carbocycles. The van der Waals surface area contributed by atoms with Gasteiger partial charge in [-0.3, -0.25) is 0 Å². The van der Waals surface area contributed by atoms with E-state index in [9.17, 15) is 0 Å². The van der Waals surface area contributed by atoms with Crippen molar-refractivity contribution in [2.24, 2.45) is 0 Å². The molecule has 0 aromatic heterocycles. The van der Waals surface area contributed by atoms with E-state index in [0.717, 1.165) is 23.7 Å². The van der Waals surface area contributed by atoms with Crippen LogP contribution in [0, 0.1) is 0 Å². The van der Waals surface area contributed by atoms with Crippen LogP contribution >= 0.6 is 0 Å². The first-order valence-corrected chi connectivity index (χ1v) is 7.93. The second-order valence-electron chi connectivity index (χ2n) is 5.63. The third kappa shape index (κ3) is 4.36. The molecule has 0 aliphatic heterocycles. The number of para-hydroxylation sites is 1. The lowest BCUT2D eigenvalue weighted by Gasteiger charge is -2.14. The summed E-state index contributed by atoms with van der Waals surface area (Å²) < 4.78 is 5.80. The summed E-state index contributed by atoms with van der Waals surface area (Å²) in [5.74, 6) is 2.17. The van der Waals surface area contributed by atoms with Crippen molar-refractivity contribution in [3.8, 4) is 11.5 Å². The van der Waals surface area contributed by atoms with Crippen molar-refractivity contribution in [2.75, 3.05) is 11.9 Å². The minimum atomic E-state index is 0.469. The van der Waals surface area contributed by atoms with Gasteiger partial charge in [0.25, 0.3) is 0 Å². The Labute approximate surface area is 137 Å². The fourth-order valence-corrected chi connectivity index (χ4v) is 2.44. The number of anilines is 1. The van der Waals surface area contributed by atoms with Gasteiger partial charge in [0.1, 0.15) is 11.5 Å². The molecule has 3 aromatic rings. The average molecular weight is 303 g/mol. The number of benzene rings is 3. The lowest BCUT2D eigenvalue weighted by molar-refractivity contribution is 0.483. The highest BCUT2D eigenvalue weighted by atomic mass is 16.5. The van der Waals surface area contributed by atoms with Crippen molar-refractivity contribution in [2.45, 2.75) is 12.8 Å². The van der Waals surface area contributed by atoms with Crippen LogP contribution in [0.1, 0.15) is 18.4 Å². The normalized spacial score (nSPS) is 11.7. The molecular weight excluding hydrogens is 282 g/mol. The maximum absolute atomic E-state index is 5.80. The smallest absolute Gasteiger partial charge is 0.127 e. The Kier molecular flexibility index (Phi) is 4.95. The zero-order valence-corrected chi connectivity index (χ0v) is 13.3. The van der Waals surface area contributed by atoms with Gasteiger partial charge >= 0.3 is 0 Å². The second-order valence-corrected chi connectivity index (χ2v) is 5.63. The molecule has 0 aliphatic carbocycles. The Bertz CT molecular complexity index is 708. The van der Waals surface area contributed by atoms with E-state index in [2.05, 4.69) is 54.7 Å². The summed E-state index contributed by atoms with van der Waals surface area (Å²) in [6.07, 6.45) is 0. The lowest BCUT2D eigenvalue weighted by atomic mass is 10.0. The van der Waals surface area contributed by atoms with E-state index in [-0.39, 0.29) is 0 Å². The van der Waals surface area contributed by atoms with Crippen LogP contribution in [0.15, 0.2) is 84.9 Å². The van der Waals surface area contributed by atoms with Crippen LogP contribution in [0.3, 0.4) is 0 Å². The number of hydrogen-bond donors (Lipinski definition) is 1. The second kappa shape index (κ2) is 7.50. The third-order valence-corrected chi connectivity index (χ3v) is 3.81. The van der Waals surface area contributed by atoms with Gasteiger partial charge in [0.2, 0.25) is 0 Å². The van der Waals surface area contributed by atoms with Gasteiger partial charge in [-0.05, 0) is 47.9 Å². The van der Waals surface area contributed by atoms with Gasteiger partial charge in [-0.2, -0.15) is 0 Å². The molecule has 0 saturated carbocycles. The Balaban J connectivity index is 1.55. The first-order valence-electron chi connectivity index (χ1n) is 7.93. The maximum atomic E-state index is 5.80. The molecule has 0 radical (unpaired) electrons. The average Bonchev–Trinajstić information content (AvgIpc) is 2.62. The fraction of sp³-hybridized carbons (Fsp3) is 0.143. The predicted molar refractivity (Wildman–Crippen MR) is 96.3 cm³/mol. The van der Waals surface area contributed by atoms with Gasteiger partial charge in [0, 0.05) is 12.2 Å². The molecule has 0 spiro atoms. The minimum Gasteiger partial charge on any atom is -0.457 e. The van der Waals surface area contributed by atoms with E-state index in [1.807, 2.05) is 42.5 Å². The standard InChI is InChI=1S/C21H21NO/c1-17(18-8-4-2-5-9-18)16-22-19-12-14-21(15-13-19)23-20-10-6-3-7-11-20/h2-15,17,22H,16H2,1H3. The maximum Gasteiger partial charge on any atom is 0.127 e. The van der Waals surface area contributed by atoms with E-state index in [4.69, 9.17) is 4.74 Å². The Morgan fingerprint density at radius 1 is 0.739 bits per heavy atom. The SMILES string of the molecule is CC(CNc1ccc(Oc2ccccc2)cc1)c1ccccc1. The first kappa shape index (κ1) is 15.2. The van der Waals surface area contributed by atoms with E-state index >= 15 is 0 Å². The van der Waals surface area contributed by atoms with Crippen LogP contribution in [-0.2, 0) is 0 Å². The van der Waals surface area contributed by atoms with Crippen molar-refractivity contribution in [3.05, 3.63) is 90.5 Å². The summed E-state index contributed by atoms with van der Waals surface area (Å²) in [7, 11) is 0. The molecule has 2 nitrogen and oxygen atoms in total. The van der Waals surface area contributed by atoms with E-state index in [1.165, 1.54) is 5.56 Å². The molecule has 1 atom stereocenters. The van der Waals surface area contributed by atoms with Crippen LogP contribution in [0.25, 0.3) is 0 Å². The molecule has 23 heavy (non-hydrogen) atoms. The van der Waals surface area contributed by atoms with Crippen molar-refractivity contribution >= 4 is 5.69 Å². The summed E-state index contributed by atoms with van der Waals surface area (Å²) in [6, 6.07) is 28.5. The molecule has 0 saturated heterocycles. The van der Waals surface area contributed by atoms with E-state index < -0.39 is 0 Å². The van der Waals surface area contributed by atoms with E-state index in [1.54, 1.807) is 0 Å². The molecule has 0 fully saturated rings. The van der Waals surface area contributed by atoms with Crippen molar-refractivity contribution in [1.82, 2.24) is 0 Å². The number of ether oxygens (including phenoxy) is 1. The Morgan fingerprint density at radius 2 is 1.30 bits per heavy atom. The van der Waals surface area contributed by atoms with Gasteiger partial charge in [0.15, 0.2) is 0 Å². The quantitative estimate of drug-likeness (QED) is 0.631. The van der Waals surface area contributed by atoms with Gasteiger partial charge < -0.3 is 10.1 Å². The van der Waals surface area contributed by atoms with Crippen molar-refractivity contribution in [3.63, 3.8) is 0 Å². The van der Waals surface area contributed by atoms with Crippen LogP contribution in [-0.4, -0.2) is 6.54 Å². The summed E-state index contributed by atoms with van der Waals surface area (Å²) in [5.41, 5.74) is 2.46. The predicted octanol–water partition coefficient (Wildman–Crippen LogP) is 5.69. The number of hydrogen-bond acceptors (Lipinski definition) is 2. The topological polar surface area (TPSA) is 21.3 Å². The first-order chi connectivity index (χ1) is 11.3. The van der Waals surface area contributed by atoms with Gasteiger partial charge in [-0.15, -0.1) is 0 Å². The van der Waals surface area contributed by atoms with Crippen LogP contribution in [0.2, 0.25) is 0 Å². The highest BCUT2D eigenvalue weighted by Crippen LogP contribution is 2.23. The largest absolute Gasteiger partial charge is 0.457 e. The van der Waals surface area contributed by atoms with E-state index in [0.29, 0.717) is 5.92 Å². The van der Waals surface area contributed by atoms with Crippen molar-refractivity contribution < 1.29 is 4.74 Å². The molecular formula is C21H21NO. The molecule has 0 bridgehead atoms. The van der Waals surface area contributed by atoms with Gasteiger partial charge in [-0.1, -0.05) is 55.5 Å². The number of nitrogens with one attached hydrogen (secondary N) is 1. The highest BCUT2D eigenvalue weighted by molar-refractivity contribution is 5.47. The summed E-state index contributed by atoms with van der Waals surface area (Å²) in [4.78, 5) is 0. The number of rotatable bonds is 6. The molecule has 116 valence electrons. The molecule has 1 N–H and O–H groups in total. The molecule has 2 heteroatoms. The molecule has 3 rings (SSSR count).